The molecule has 2 aromatic rings. The van der Waals surface area contributed by atoms with Crippen molar-refractivity contribution in [2.75, 3.05) is 6.61 Å². The zero-order chi connectivity index (χ0) is 23.6. The Labute approximate surface area is 190 Å². The largest absolute Gasteiger partial charge is 0.417 e. The summed E-state index contributed by atoms with van der Waals surface area (Å²) in [6.07, 6.45) is -2.19. The molecule has 1 heterocycles. The highest BCUT2D eigenvalue weighted by molar-refractivity contribution is 5.99. The molecule has 1 N–H and O–H groups in total. The van der Waals surface area contributed by atoms with Gasteiger partial charge >= 0.3 is 6.18 Å². The first-order valence-electron chi connectivity index (χ1n) is 11.2. The van der Waals surface area contributed by atoms with Crippen molar-refractivity contribution in [2.24, 2.45) is 5.92 Å². The van der Waals surface area contributed by atoms with Gasteiger partial charge in [0.1, 0.15) is 11.8 Å². The van der Waals surface area contributed by atoms with Crippen LogP contribution in [0.3, 0.4) is 0 Å². The van der Waals surface area contributed by atoms with Gasteiger partial charge in [0.2, 0.25) is 5.91 Å². The standard InChI is InChI=1S/C25H27F3N2O3/c1-17-11-13-24(14-12-17)30(23(32)19-9-5-6-10-20(19)25(26,27)28)21(16-33-24)22(31)29-15-18-7-3-2-4-8-18/h2-10,17,21H,11-16H2,1H3,(H,29,31)/t17?,21-,24?/m1/s1. The van der Waals surface area contributed by atoms with Gasteiger partial charge in [-0.1, -0.05) is 49.4 Å². The summed E-state index contributed by atoms with van der Waals surface area (Å²) in [4.78, 5) is 28.0. The molecule has 1 saturated heterocycles. The predicted octanol–water partition coefficient (Wildman–Crippen LogP) is 4.77. The van der Waals surface area contributed by atoms with E-state index in [0.717, 1.165) is 24.5 Å². The second-order valence-electron chi connectivity index (χ2n) is 8.88. The van der Waals surface area contributed by atoms with Crippen LogP contribution in [0.25, 0.3) is 0 Å². The molecule has 1 aliphatic heterocycles. The number of benzene rings is 2. The van der Waals surface area contributed by atoms with Gasteiger partial charge < -0.3 is 10.1 Å². The van der Waals surface area contributed by atoms with Gasteiger partial charge in [-0.25, -0.2) is 0 Å². The van der Waals surface area contributed by atoms with Crippen LogP contribution in [0.1, 0.15) is 54.1 Å². The molecule has 0 radical (unpaired) electrons. The fourth-order valence-corrected chi connectivity index (χ4v) is 4.73. The highest BCUT2D eigenvalue weighted by Gasteiger charge is 2.54. The SMILES string of the molecule is CC1CCC2(CC1)OC[C@H](C(=O)NCc1ccccc1)N2C(=O)c1ccccc1C(F)(F)F. The minimum atomic E-state index is -4.69. The molecule has 0 unspecified atom stereocenters. The van der Waals surface area contributed by atoms with Crippen LogP contribution in [0.2, 0.25) is 0 Å². The van der Waals surface area contributed by atoms with Gasteiger partial charge in [-0.3, -0.25) is 14.5 Å². The van der Waals surface area contributed by atoms with Crippen LogP contribution in [-0.4, -0.2) is 35.1 Å². The smallest absolute Gasteiger partial charge is 0.353 e. The number of ether oxygens (including phenoxy) is 1. The van der Waals surface area contributed by atoms with Gasteiger partial charge in [0, 0.05) is 6.54 Å². The number of hydrogen-bond acceptors (Lipinski definition) is 3. The van der Waals surface area contributed by atoms with Gasteiger partial charge in [0.05, 0.1) is 17.7 Å². The van der Waals surface area contributed by atoms with Crippen LogP contribution in [0.15, 0.2) is 54.6 Å². The molecule has 2 aliphatic rings. The Balaban J connectivity index is 1.65. The van der Waals surface area contributed by atoms with E-state index >= 15 is 0 Å². The third kappa shape index (κ3) is 4.76. The van der Waals surface area contributed by atoms with Gasteiger partial charge in [0.15, 0.2) is 0 Å². The highest BCUT2D eigenvalue weighted by Crippen LogP contribution is 2.44. The lowest BCUT2D eigenvalue weighted by molar-refractivity contribution is -0.138. The Kier molecular flexibility index (Phi) is 6.47. The van der Waals surface area contributed by atoms with Crippen LogP contribution in [-0.2, 0) is 22.3 Å². The molecular formula is C25H27F3N2O3. The van der Waals surface area contributed by atoms with E-state index < -0.39 is 40.9 Å². The summed E-state index contributed by atoms with van der Waals surface area (Å²) in [6.45, 7) is 2.30. The van der Waals surface area contributed by atoms with Crippen LogP contribution in [0.5, 0.6) is 0 Å². The van der Waals surface area contributed by atoms with Crippen molar-refractivity contribution >= 4 is 11.8 Å². The molecule has 0 aromatic heterocycles. The molecule has 1 atom stereocenters. The first-order valence-corrected chi connectivity index (χ1v) is 11.2. The Morgan fingerprint density at radius 3 is 2.36 bits per heavy atom. The first kappa shape index (κ1) is 23.3. The lowest BCUT2D eigenvalue weighted by atomic mass is 9.83. The summed E-state index contributed by atoms with van der Waals surface area (Å²) in [6, 6.07) is 13.0. The van der Waals surface area contributed by atoms with Crippen molar-refractivity contribution in [3.8, 4) is 0 Å². The Morgan fingerprint density at radius 2 is 1.70 bits per heavy atom. The van der Waals surface area contributed by atoms with Gasteiger partial charge in [-0.05, 0) is 49.3 Å². The molecule has 1 aliphatic carbocycles. The minimum Gasteiger partial charge on any atom is -0.353 e. The Hall–Kier alpha value is -2.87. The fourth-order valence-electron chi connectivity index (χ4n) is 4.73. The minimum absolute atomic E-state index is 0.0467. The Morgan fingerprint density at radius 1 is 1.06 bits per heavy atom. The normalized spacial score (nSPS) is 25.3. The van der Waals surface area contributed by atoms with Crippen molar-refractivity contribution in [1.82, 2.24) is 10.2 Å². The number of nitrogens with one attached hydrogen (secondary N) is 1. The van der Waals surface area contributed by atoms with Gasteiger partial charge in [-0.2, -0.15) is 13.2 Å². The van der Waals surface area contributed by atoms with Gasteiger partial charge in [-0.15, -0.1) is 0 Å². The average Bonchev–Trinajstić information content (AvgIpc) is 3.18. The number of hydrogen-bond donors (Lipinski definition) is 1. The maximum Gasteiger partial charge on any atom is 0.417 e. The lowest BCUT2D eigenvalue weighted by Crippen LogP contribution is -2.57. The van der Waals surface area contributed by atoms with Crippen molar-refractivity contribution < 1.29 is 27.5 Å². The molecule has 33 heavy (non-hydrogen) atoms. The van der Waals surface area contributed by atoms with Crippen molar-refractivity contribution in [3.63, 3.8) is 0 Å². The predicted molar refractivity (Wildman–Crippen MR) is 116 cm³/mol. The van der Waals surface area contributed by atoms with Gasteiger partial charge in [0.25, 0.3) is 5.91 Å². The molecule has 5 nitrogen and oxygen atoms in total. The summed E-state index contributed by atoms with van der Waals surface area (Å²) in [5.74, 6) is -0.841. The number of nitrogens with zero attached hydrogens (tertiary/aromatic N) is 1. The maximum atomic E-state index is 13.7. The van der Waals surface area contributed by atoms with E-state index in [2.05, 4.69) is 12.2 Å². The second-order valence-corrected chi connectivity index (χ2v) is 8.88. The van der Waals surface area contributed by atoms with E-state index in [1.54, 1.807) is 0 Å². The molecular weight excluding hydrogens is 433 g/mol. The molecule has 4 rings (SSSR count). The first-order chi connectivity index (χ1) is 15.7. The maximum absolute atomic E-state index is 13.7. The fraction of sp³-hybridized carbons (Fsp3) is 0.440. The monoisotopic (exact) mass is 460 g/mol. The van der Waals surface area contributed by atoms with Crippen LogP contribution >= 0.6 is 0 Å². The van der Waals surface area contributed by atoms with E-state index in [9.17, 15) is 22.8 Å². The quantitative estimate of drug-likeness (QED) is 0.715. The highest BCUT2D eigenvalue weighted by atomic mass is 19.4. The van der Waals surface area contributed by atoms with Crippen LogP contribution < -0.4 is 5.32 Å². The Bertz CT molecular complexity index is 1000. The lowest BCUT2D eigenvalue weighted by Gasteiger charge is -2.43. The summed E-state index contributed by atoms with van der Waals surface area (Å²) >= 11 is 0. The molecule has 8 heteroatoms. The number of carbonyl (C=O) groups excluding carboxylic acids is 2. The van der Waals surface area contributed by atoms with E-state index in [1.807, 2.05) is 30.3 Å². The van der Waals surface area contributed by atoms with E-state index in [4.69, 9.17) is 4.74 Å². The average molecular weight is 460 g/mol. The number of alkyl halides is 3. The molecule has 176 valence electrons. The summed E-state index contributed by atoms with van der Waals surface area (Å²) in [7, 11) is 0. The van der Waals surface area contributed by atoms with Crippen LogP contribution in [0.4, 0.5) is 13.2 Å². The zero-order valence-electron chi connectivity index (χ0n) is 18.4. The molecule has 2 amide bonds. The van der Waals surface area contributed by atoms with E-state index in [0.29, 0.717) is 18.8 Å². The molecule has 2 fully saturated rings. The second kappa shape index (κ2) is 9.17. The summed E-state index contributed by atoms with van der Waals surface area (Å²) in [5, 5.41) is 2.82. The summed E-state index contributed by atoms with van der Waals surface area (Å²) < 4.78 is 47.0. The third-order valence-electron chi connectivity index (χ3n) is 6.61. The number of halogens is 3. The number of rotatable bonds is 4. The number of amides is 2. The van der Waals surface area contributed by atoms with E-state index in [1.165, 1.54) is 23.1 Å². The summed E-state index contributed by atoms with van der Waals surface area (Å²) in [5.41, 5.74) is -1.66. The van der Waals surface area contributed by atoms with Crippen LogP contribution in [0, 0.1) is 5.92 Å². The zero-order valence-corrected chi connectivity index (χ0v) is 18.4. The molecule has 1 saturated carbocycles. The van der Waals surface area contributed by atoms with Crippen molar-refractivity contribution in [3.05, 3.63) is 71.3 Å². The van der Waals surface area contributed by atoms with Crippen molar-refractivity contribution in [2.45, 2.75) is 57.1 Å². The third-order valence-corrected chi connectivity index (χ3v) is 6.61. The molecule has 2 aromatic carbocycles. The number of carbonyl (C=O) groups is 2. The topological polar surface area (TPSA) is 58.6 Å². The van der Waals surface area contributed by atoms with E-state index in [-0.39, 0.29) is 13.2 Å². The molecule has 1 spiro atoms. The van der Waals surface area contributed by atoms with Crippen molar-refractivity contribution in [1.29, 1.82) is 0 Å². The molecule has 0 bridgehead atoms.